The Hall–Kier alpha value is -1.07. The van der Waals surface area contributed by atoms with Crippen molar-refractivity contribution in [1.29, 1.82) is 0 Å². The van der Waals surface area contributed by atoms with Crippen molar-refractivity contribution in [1.82, 2.24) is 9.59 Å². The summed E-state index contributed by atoms with van der Waals surface area (Å²) in [5.74, 6) is 0.0133. The molecule has 66 valence electrons. The van der Waals surface area contributed by atoms with Gasteiger partial charge in [-0.25, -0.2) is 0 Å². The van der Waals surface area contributed by atoms with Crippen molar-refractivity contribution in [3.63, 3.8) is 0 Å². The maximum absolute atomic E-state index is 11.7. The highest BCUT2D eigenvalue weighted by molar-refractivity contribution is 7.10. The van der Waals surface area contributed by atoms with Crippen molar-refractivity contribution in [2.75, 3.05) is 0 Å². The molecule has 0 aliphatic heterocycles. The van der Waals surface area contributed by atoms with Gasteiger partial charge in [0.2, 0.25) is 5.78 Å². The quantitative estimate of drug-likeness (QED) is 0.713. The molecule has 0 aromatic carbocycles. The van der Waals surface area contributed by atoms with E-state index in [1.165, 1.54) is 6.20 Å². The third-order valence-electron chi connectivity index (χ3n) is 1.58. The van der Waals surface area contributed by atoms with Gasteiger partial charge in [-0.15, -0.1) is 16.4 Å². The molecule has 2 aromatic rings. The largest absolute Gasteiger partial charge is 0.288 e. The molecule has 0 aliphatic rings. The van der Waals surface area contributed by atoms with E-state index in [1.807, 2.05) is 18.4 Å². The Morgan fingerprint density at radius 3 is 2.92 bits per heavy atom. The summed E-state index contributed by atoms with van der Waals surface area (Å²) in [6.07, 6.45) is 1.50. The van der Waals surface area contributed by atoms with E-state index in [9.17, 15) is 4.79 Å². The SMILES string of the molecule is Cc1cc(C(=O)c2cnns2)cs1. The lowest BCUT2D eigenvalue weighted by atomic mass is 10.2. The van der Waals surface area contributed by atoms with Crippen molar-refractivity contribution in [2.45, 2.75) is 6.92 Å². The number of hydrogen-bond donors (Lipinski definition) is 0. The molecule has 0 amide bonds. The zero-order chi connectivity index (χ0) is 9.26. The number of aryl methyl sites for hydroxylation is 1. The Labute approximate surface area is 83.2 Å². The van der Waals surface area contributed by atoms with Gasteiger partial charge in [-0.05, 0) is 24.5 Å². The number of thiophene rings is 1. The molecular formula is C8H6N2OS2. The highest BCUT2D eigenvalue weighted by Gasteiger charge is 2.12. The lowest BCUT2D eigenvalue weighted by molar-refractivity contribution is 0.104. The highest BCUT2D eigenvalue weighted by atomic mass is 32.1. The molecular weight excluding hydrogens is 204 g/mol. The highest BCUT2D eigenvalue weighted by Crippen LogP contribution is 2.17. The molecule has 0 spiro atoms. The number of hydrogen-bond acceptors (Lipinski definition) is 5. The van der Waals surface area contributed by atoms with Crippen molar-refractivity contribution < 1.29 is 4.79 Å². The van der Waals surface area contributed by atoms with Crippen LogP contribution >= 0.6 is 22.9 Å². The number of carbonyl (C=O) groups is 1. The van der Waals surface area contributed by atoms with E-state index in [-0.39, 0.29) is 5.78 Å². The summed E-state index contributed by atoms with van der Waals surface area (Å²) in [6.45, 7) is 1.98. The molecule has 0 fully saturated rings. The van der Waals surface area contributed by atoms with Crippen LogP contribution in [-0.2, 0) is 0 Å². The molecule has 0 saturated heterocycles. The van der Waals surface area contributed by atoms with Crippen molar-refractivity contribution >= 4 is 28.7 Å². The molecule has 0 N–H and O–H groups in total. The molecule has 13 heavy (non-hydrogen) atoms. The first-order chi connectivity index (χ1) is 6.27. The fourth-order valence-corrected chi connectivity index (χ4v) is 2.13. The van der Waals surface area contributed by atoms with Crippen LogP contribution in [0, 0.1) is 6.92 Å². The first kappa shape index (κ1) is 8.52. The average molecular weight is 210 g/mol. The lowest BCUT2D eigenvalue weighted by Crippen LogP contribution is -1.95. The molecule has 0 radical (unpaired) electrons. The first-order valence-electron chi connectivity index (χ1n) is 3.64. The van der Waals surface area contributed by atoms with Crippen LogP contribution in [0.3, 0.4) is 0 Å². The van der Waals surface area contributed by atoms with Crippen LogP contribution in [0.1, 0.15) is 20.1 Å². The van der Waals surface area contributed by atoms with Crippen LogP contribution < -0.4 is 0 Å². The van der Waals surface area contributed by atoms with E-state index in [2.05, 4.69) is 9.59 Å². The predicted octanol–water partition coefficient (Wildman–Crippen LogP) is 2.14. The van der Waals surface area contributed by atoms with Crippen LogP contribution in [0.4, 0.5) is 0 Å². The van der Waals surface area contributed by atoms with Crippen molar-refractivity contribution in [3.8, 4) is 0 Å². The van der Waals surface area contributed by atoms with Crippen LogP contribution in [0.15, 0.2) is 17.6 Å². The number of carbonyl (C=O) groups excluding carboxylic acids is 1. The van der Waals surface area contributed by atoms with Crippen LogP contribution in [0.5, 0.6) is 0 Å². The zero-order valence-electron chi connectivity index (χ0n) is 6.85. The topological polar surface area (TPSA) is 42.9 Å². The summed E-state index contributed by atoms with van der Waals surface area (Å²) in [6, 6.07) is 1.88. The number of nitrogens with zero attached hydrogens (tertiary/aromatic N) is 2. The zero-order valence-corrected chi connectivity index (χ0v) is 8.48. The Balaban J connectivity index is 2.33. The first-order valence-corrected chi connectivity index (χ1v) is 5.30. The maximum atomic E-state index is 11.7. The summed E-state index contributed by atoms with van der Waals surface area (Å²) in [5.41, 5.74) is 0.730. The Bertz CT molecular complexity index is 419. The van der Waals surface area contributed by atoms with E-state index >= 15 is 0 Å². The van der Waals surface area contributed by atoms with E-state index in [1.54, 1.807) is 11.3 Å². The van der Waals surface area contributed by atoms with E-state index in [0.29, 0.717) is 4.88 Å². The molecule has 0 unspecified atom stereocenters. The Kier molecular flexibility index (Phi) is 2.20. The third-order valence-corrected chi connectivity index (χ3v) is 3.10. The van der Waals surface area contributed by atoms with Crippen LogP contribution in [0.2, 0.25) is 0 Å². The fraction of sp³-hybridized carbons (Fsp3) is 0.125. The Morgan fingerprint density at radius 2 is 2.38 bits per heavy atom. The van der Waals surface area contributed by atoms with Gasteiger partial charge in [-0.3, -0.25) is 4.79 Å². The lowest BCUT2D eigenvalue weighted by Gasteiger charge is -1.88. The summed E-state index contributed by atoms with van der Waals surface area (Å²) in [5, 5.41) is 5.49. The normalized spacial score (nSPS) is 10.2. The van der Waals surface area contributed by atoms with E-state index in [0.717, 1.165) is 22.0 Å². The summed E-state index contributed by atoms with van der Waals surface area (Å²) in [7, 11) is 0. The van der Waals surface area contributed by atoms with Gasteiger partial charge in [0.1, 0.15) is 4.88 Å². The second-order valence-corrected chi connectivity index (χ2v) is 4.46. The van der Waals surface area contributed by atoms with Gasteiger partial charge in [0.25, 0.3) is 0 Å². The third kappa shape index (κ3) is 1.66. The molecule has 2 aromatic heterocycles. The minimum atomic E-state index is 0.0133. The molecule has 5 heteroatoms. The van der Waals surface area contributed by atoms with Gasteiger partial charge in [0, 0.05) is 15.8 Å². The van der Waals surface area contributed by atoms with Crippen LogP contribution in [-0.4, -0.2) is 15.4 Å². The van der Waals surface area contributed by atoms with E-state index < -0.39 is 0 Å². The van der Waals surface area contributed by atoms with Gasteiger partial charge in [0.05, 0.1) is 6.20 Å². The van der Waals surface area contributed by atoms with Crippen LogP contribution in [0.25, 0.3) is 0 Å². The average Bonchev–Trinajstić information content (AvgIpc) is 2.72. The molecule has 0 bridgehead atoms. The van der Waals surface area contributed by atoms with Crippen molar-refractivity contribution in [2.24, 2.45) is 0 Å². The molecule has 2 heterocycles. The second-order valence-electron chi connectivity index (χ2n) is 2.56. The molecule has 0 aliphatic carbocycles. The predicted molar refractivity (Wildman–Crippen MR) is 52.4 cm³/mol. The van der Waals surface area contributed by atoms with Gasteiger partial charge in [-0.2, -0.15) is 0 Å². The van der Waals surface area contributed by atoms with Gasteiger partial charge in [-0.1, -0.05) is 4.49 Å². The summed E-state index contributed by atoms with van der Waals surface area (Å²) >= 11 is 2.70. The standard InChI is InChI=1S/C8H6N2OS2/c1-5-2-6(4-12-5)8(11)7-3-9-10-13-7/h2-4H,1H3. The van der Waals surface area contributed by atoms with Gasteiger partial charge < -0.3 is 0 Å². The fourth-order valence-electron chi connectivity index (χ4n) is 0.972. The minimum Gasteiger partial charge on any atom is -0.288 e. The minimum absolute atomic E-state index is 0.0133. The molecule has 0 saturated carbocycles. The van der Waals surface area contributed by atoms with Crippen molar-refractivity contribution in [3.05, 3.63) is 33.0 Å². The number of ketones is 1. The van der Waals surface area contributed by atoms with Gasteiger partial charge in [0.15, 0.2) is 0 Å². The maximum Gasteiger partial charge on any atom is 0.207 e. The molecule has 2 rings (SSSR count). The smallest absolute Gasteiger partial charge is 0.207 e. The molecule has 3 nitrogen and oxygen atoms in total. The second kappa shape index (κ2) is 3.35. The number of aromatic nitrogens is 2. The number of rotatable bonds is 2. The molecule has 0 atom stereocenters. The Morgan fingerprint density at radius 1 is 1.54 bits per heavy atom. The monoisotopic (exact) mass is 210 g/mol. The van der Waals surface area contributed by atoms with Gasteiger partial charge >= 0.3 is 0 Å². The summed E-state index contributed by atoms with van der Waals surface area (Å²) in [4.78, 5) is 13.4. The van der Waals surface area contributed by atoms with E-state index in [4.69, 9.17) is 0 Å². The summed E-state index contributed by atoms with van der Waals surface area (Å²) < 4.78 is 3.65.